The molecule has 7 nitrogen and oxygen atoms in total. The Balaban J connectivity index is 1.81. The van der Waals surface area contributed by atoms with Gasteiger partial charge in [-0.2, -0.15) is 5.10 Å². The Bertz CT molecular complexity index is 985. The minimum absolute atomic E-state index is 0.00268. The highest BCUT2D eigenvalue weighted by molar-refractivity contribution is 6.07. The maximum absolute atomic E-state index is 12.7. The Morgan fingerprint density at radius 1 is 1.32 bits per heavy atom. The van der Waals surface area contributed by atoms with Gasteiger partial charge in [-0.15, -0.1) is 0 Å². The molecule has 0 unspecified atom stereocenters. The summed E-state index contributed by atoms with van der Waals surface area (Å²) in [5, 5.41) is 17.5. The number of aryl methyl sites for hydroxylation is 1. The van der Waals surface area contributed by atoms with Gasteiger partial charge in [0.05, 0.1) is 23.8 Å². The van der Waals surface area contributed by atoms with Gasteiger partial charge in [0.25, 0.3) is 5.69 Å². The van der Waals surface area contributed by atoms with Gasteiger partial charge in [-0.25, -0.2) is 5.01 Å². The molecule has 2 aromatic carbocycles. The third-order valence-electron chi connectivity index (χ3n) is 5.51. The number of rotatable bonds is 4. The lowest BCUT2D eigenvalue weighted by atomic mass is 9.77. The van der Waals surface area contributed by atoms with E-state index in [1.165, 1.54) is 16.6 Å². The number of carbonyl (C=O) groups is 1. The molecule has 0 saturated heterocycles. The molecule has 0 spiro atoms. The Hall–Kier alpha value is -3.22. The van der Waals surface area contributed by atoms with E-state index in [0.29, 0.717) is 6.42 Å². The number of hydrazone groups is 1. The van der Waals surface area contributed by atoms with Crippen molar-refractivity contribution < 1.29 is 14.5 Å². The number of benzene rings is 2. The molecule has 4 rings (SSSR count). The number of hydrogen-bond donors (Lipinski definition) is 0. The second-order valence-corrected chi connectivity index (χ2v) is 7.04. The number of nitro groups is 1. The standard InChI is InChI=1S/C21H21N3O4/c1-3-19(25)23-21(14-5-4-6-15(11-14)24(26)27)17-10-8-13-7-9-16(28-2)12-18(13)20(17)22-23/h4-7,9,11-12,17,21H,3,8,10H2,1-2H3/t17-,21+/m0/s1. The Labute approximate surface area is 162 Å². The normalized spacial score (nSPS) is 20.2. The molecule has 2 atom stereocenters. The van der Waals surface area contributed by atoms with E-state index in [1.54, 1.807) is 26.2 Å². The fourth-order valence-electron chi connectivity index (χ4n) is 4.14. The van der Waals surface area contributed by atoms with Crippen molar-refractivity contribution >= 4 is 17.3 Å². The third kappa shape index (κ3) is 2.93. The van der Waals surface area contributed by atoms with Gasteiger partial charge in [-0.3, -0.25) is 14.9 Å². The first kappa shape index (κ1) is 18.2. The van der Waals surface area contributed by atoms with E-state index in [0.717, 1.165) is 35.4 Å². The van der Waals surface area contributed by atoms with Crippen molar-refractivity contribution in [3.8, 4) is 5.75 Å². The molecule has 28 heavy (non-hydrogen) atoms. The molecule has 1 heterocycles. The smallest absolute Gasteiger partial charge is 0.269 e. The minimum Gasteiger partial charge on any atom is -0.497 e. The van der Waals surface area contributed by atoms with E-state index in [1.807, 2.05) is 24.3 Å². The van der Waals surface area contributed by atoms with Crippen LogP contribution in [0.1, 0.15) is 42.5 Å². The maximum atomic E-state index is 12.7. The van der Waals surface area contributed by atoms with Crippen molar-refractivity contribution in [3.63, 3.8) is 0 Å². The summed E-state index contributed by atoms with van der Waals surface area (Å²) in [7, 11) is 1.62. The zero-order valence-electron chi connectivity index (χ0n) is 15.8. The monoisotopic (exact) mass is 379 g/mol. The van der Waals surface area contributed by atoms with Crippen LogP contribution >= 0.6 is 0 Å². The van der Waals surface area contributed by atoms with E-state index >= 15 is 0 Å². The number of nitro benzene ring substituents is 1. The van der Waals surface area contributed by atoms with Gasteiger partial charge >= 0.3 is 0 Å². The second-order valence-electron chi connectivity index (χ2n) is 7.04. The summed E-state index contributed by atoms with van der Waals surface area (Å²) in [6.07, 6.45) is 2.02. The Kier molecular flexibility index (Phi) is 4.58. The number of methoxy groups -OCH3 is 1. The average molecular weight is 379 g/mol. The largest absolute Gasteiger partial charge is 0.497 e. The highest BCUT2D eigenvalue weighted by Gasteiger charge is 2.43. The molecule has 1 aliphatic heterocycles. The van der Waals surface area contributed by atoms with Crippen molar-refractivity contribution in [2.75, 3.05) is 7.11 Å². The summed E-state index contributed by atoms with van der Waals surface area (Å²) in [6, 6.07) is 12.1. The van der Waals surface area contributed by atoms with E-state index < -0.39 is 4.92 Å². The molecule has 144 valence electrons. The number of amides is 1. The van der Waals surface area contributed by atoms with Gasteiger partial charge in [-0.1, -0.05) is 25.1 Å². The summed E-state index contributed by atoms with van der Waals surface area (Å²) in [6.45, 7) is 1.80. The van der Waals surface area contributed by atoms with Crippen LogP contribution in [-0.2, 0) is 11.2 Å². The molecule has 0 fully saturated rings. The van der Waals surface area contributed by atoms with E-state index in [-0.39, 0.29) is 23.6 Å². The first-order valence-corrected chi connectivity index (χ1v) is 9.35. The van der Waals surface area contributed by atoms with Crippen LogP contribution in [0.25, 0.3) is 0 Å². The molecule has 1 amide bonds. The SMILES string of the molecule is CCC(=O)N1N=C2c3cc(OC)ccc3CC[C@@H]2[C@H]1c1cccc([N+](=O)[O-])c1. The van der Waals surface area contributed by atoms with Crippen LogP contribution in [0.5, 0.6) is 5.75 Å². The number of hydrogen-bond acceptors (Lipinski definition) is 5. The van der Waals surface area contributed by atoms with Crippen LogP contribution < -0.4 is 4.74 Å². The lowest BCUT2D eigenvalue weighted by Gasteiger charge is -2.29. The lowest BCUT2D eigenvalue weighted by Crippen LogP contribution is -2.31. The third-order valence-corrected chi connectivity index (χ3v) is 5.51. The first-order chi connectivity index (χ1) is 13.5. The van der Waals surface area contributed by atoms with Crippen LogP contribution in [-0.4, -0.2) is 28.7 Å². The summed E-state index contributed by atoms with van der Waals surface area (Å²) in [5.41, 5.74) is 3.80. The average Bonchev–Trinajstić information content (AvgIpc) is 3.12. The Morgan fingerprint density at radius 2 is 2.14 bits per heavy atom. The molecule has 1 aliphatic carbocycles. The number of nitrogens with zero attached hydrogens (tertiary/aromatic N) is 3. The van der Waals surface area contributed by atoms with E-state index in [4.69, 9.17) is 9.84 Å². The van der Waals surface area contributed by atoms with E-state index in [2.05, 4.69) is 0 Å². The fourth-order valence-corrected chi connectivity index (χ4v) is 4.14. The molecule has 0 N–H and O–H groups in total. The van der Waals surface area contributed by atoms with Crippen LogP contribution in [0, 0.1) is 16.0 Å². The van der Waals surface area contributed by atoms with Crippen LogP contribution in [0.4, 0.5) is 5.69 Å². The first-order valence-electron chi connectivity index (χ1n) is 9.35. The highest BCUT2D eigenvalue weighted by Crippen LogP contribution is 2.44. The summed E-state index contributed by atoms with van der Waals surface area (Å²) >= 11 is 0. The zero-order valence-corrected chi connectivity index (χ0v) is 15.8. The summed E-state index contributed by atoms with van der Waals surface area (Å²) < 4.78 is 5.37. The van der Waals surface area contributed by atoms with Gasteiger partial charge in [-0.05, 0) is 36.1 Å². The predicted molar refractivity (Wildman–Crippen MR) is 104 cm³/mol. The number of carbonyl (C=O) groups excluding carboxylic acids is 1. The molecular formula is C21H21N3O4. The molecule has 0 radical (unpaired) electrons. The van der Waals surface area contributed by atoms with Crippen molar-refractivity contribution in [1.82, 2.24) is 5.01 Å². The summed E-state index contributed by atoms with van der Waals surface area (Å²) in [5.74, 6) is 0.647. The van der Waals surface area contributed by atoms with Gasteiger partial charge in [0, 0.05) is 30.0 Å². The molecule has 0 bridgehead atoms. The summed E-state index contributed by atoms with van der Waals surface area (Å²) in [4.78, 5) is 23.5. The number of ether oxygens (including phenoxy) is 1. The lowest BCUT2D eigenvalue weighted by molar-refractivity contribution is -0.385. The molecular weight excluding hydrogens is 358 g/mol. The molecule has 7 heteroatoms. The molecule has 2 aromatic rings. The predicted octanol–water partition coefficient (Wildman–Crippen LogP) is 3.86. The van der Waals surface area contributed by atoms with Crippen LogP contribution in [0.15, 0.2) is 47.6 Å². The van der Waals surface area contributed by atoms with Gasteiger partial charge in [0.1, 0.15) is 5.75 Å². The minimum atomic E-state index is -0.409. The van der Waals surface area contributed by atoms with Gasteiger partial charge in [0.15, 0.2) is 0 Å². The van der Waals surface area contributed by atoms with E-state index in [9.17, 15) is 14.9 Å². The van der Waals surface area contributed by atoms with Gasteiger partial charge in [0.2, 0.25) is 5.91 Å². The molecule has 0 aromatic heterocycles. The Morgan fingerprint density at radius 3 is 2.86 bits per heavy atom. The van der Waals surface area contributed by atoms with Crippen molar-refractivity contribution in [3.05, 3.63) is 69.3 Å². The second kappa shape index (κ2) is 7.07. The number of fused-ring (bicyclic) bond motifs is 3. The van der Waals surface area contributed by atoms with Crippen molar-refractivity contribution in [2.45, 2.75) is 32.2 Å². The molecule has 0 saturated carbocycles. The zero-order chi connectivity index (χ0) is 19.8. The topological polar surface area (TPSA) is 85.0 Å². The van der Waals surface area contributed by atoms with Crippen LogP contribution in [0.2, 0.25) is 0 Å². The number of non-ortho nitro benzene ring substituents is 1. The quantitative estimate of drug-likeness (QED) is 0.596. The fraction of sp³-hybridized carbons (Fsp3) is 0.333. The molecule has 2 aliphatic rings. The maximum Gasteiger partial charge on any atom is 0.269 e. The highest BCUT2D eigenvalue weighted by atomic mass is 16.6. The van der Waals surface area contributed by atoms with Gasteiger partial charge < -0.3 is 4.74 Å². The van der Waals surface area contributed by atoms with Crippen LogP contribution in [0.3, 0.4) is 0 Å². The van der Waals surface area contributed by atoms with Crippen molar-refractivity contribution in [2.24, 2.45) is 11.0 Å². The van der Waals surface area contributed by atoms with Crippen molar-refractivity contribution in [1.29, 1.82) is 0 Å².